The third kappa shape index (κ3) is 4.30. The quantitative estimate of drug-likeness (QED) is 0.755. The van der Waals surface area contributed by atoms with E-state index in [1.807, 2.05) is 49.4 Å². The molecule has 2 N–H and O–H groups in total. The monoisotopic (exact) mass is 427 g/mol. The smallest absolute Gasteiger partial charge is 0.409 e. The molecule has 1 fully saturated rings. The number of likely N-dealkylation sites (tertiary alicyclic amines) is 1. The van der Waals surface area contributed by atoms with Gasteiger partial charge >= 0.3 is 6.09 Å². The number of halogens is 1. The maximum absolute atomic E-state index is 12.1. The fourth-order valence-corrected chi connectivity index (χ4v) is 4.36. The lowest BCUT2D eigenvalue weighted by molar-refractivity contribution is 0.0778. The third-order valence-corrected chi connectivity index (χ3v) is 6.05. The number of nitrogens with zero attached hydrogens (tertiary/aromatic N) is 2. The molecule has 2 heterocycles. The van der Waals surface area contributed by atoms with E-state index in [0.29, 0.717) is 44.0 Å². The first-order chi connectivity index (χ1) is 14.5. The molecule has 0 aliphatic carbocycles. The van der Waals surface area contributed by atoms with Gasteiger partial charge in [0.1, 0.15) is 11.4 Å². The van der Waals surface area contributed by atoms with Gasteiger partial charge in [-0.2, -0.15) is 0 Å². The molecule has 2 aliphatic heterocycles. The zero-order chi connectivity index (χ0) is 21.1. The highest BCUT2D eigenvalue weighted by Crippen LogP contribution is 2.37. The molecule has 1 spiro atoms. The van der Waals surface area contributed by atoms with Gasteiger partial charge < -0.3 is 14.7 Å². The molecule has 158 valence electrons. The zero-order valence-electron chi connectivity index (χ0n) is 17.0. The van der Waals surface area contributed by atoms with Crippen molar-refractivity contribution in [2.24, 2.45) is 4.99 Å². The van der Waals surface area contributed by atoms with E-state index >= 15 is 0 Å². The maximum atomic E-state index is 12.1. The second-order valence-electron chi connectivity index (χ2n) is 7.74. The van der Waals surface area contributed by atoms with Gasteiger partial charge in [-0.25, -0.2) is 4.79 Å². The summed E-state index contributed by atoms with van der Waals surface area (Å²) in [5.74, 6) is 0.270. The van der Waals surface area contributed by atoms with Gasteiger partial charge in [0.15, 0.2) is 0 Å². The highest BCUT2D eigenvalue weighted by molar-refractivity contribution is 6.30. The Bertz CT molecular complexity index is 937. The first kappa shape index (κ1) is 20.7. The van der Waals surface area contributed by atoms with Crippen molar-refractivity contribution < 1.29 is 14.6 Å². The van der Waals surface area contributed by atoms with Crippen molar-refractivity contribution in [1.29, 1.82) is 0 Å². The average molecular weight is 428 g/mol. The topological polar surface area (TPSA) is 74.2 Å². The number of phenolic OH excluding ortho intramolecular Hbond substituents is 1. The Morgan fingerprint density at radius 1 is 1.23 bits per heavy atom. The highest BCUT2D eigenvalue weighted by Gasteiger charge is 2.41. The largest absolute Gasteiger partial charge is 0.508 e. The van der Waals surface area contributed by atoms with E-state index in [-0.39, 0.29) is 17.9 Å². The van der Waals surface area contributed by atoms with Crippen LogP contribution < -0.4 is 5.32 Å². The summed E-state index contributed by atoms with van der Waals surface area (Å²) >= 11 is 6.07. The molecule has 2 aliphatic rings. The van der Waals surface area contributed by atoms with E-state index in [4.69, 9.17) is 21.3 Å². The number of nitrogens with one attached hydrogen (secondary N) is 1. The number of hydrogen-bond donors (Lipinski definition) is 2. The van der Waals surface area contributed by atoms with Crippen LogP contribution in [-0.4, -0.2) is 47.2 Å². The fraction of sp³-hybridized carbons (Fsp3) is 0.391. The fourth-order valence-electron chi connectivity index (χ4n) is 4.23. The summed E-state index contributed by atoms with van der Waals surface area (Å²) in [6.45, 7) is 3.31. The lowest BCUT2D eigenvalue weighted by atomic mass is 9.87. The molecule has 0 bridgehead atoms. The minimum atomic E-state index is -0.497. The number of piperidine rings is 1. The van der Waals surface area contributed by atoms with Crippen molar-refractivity contribution in [1.82, 2.24) is 10.2 Å². The number of ether oxygens (including phenoxy) is 1. The predicted molar refractivity (Wildman–Crippen MR) is 117 cm³/mol. The van der Waals surface area contributed by atoms with Gasteiger partial charge in [-0.1, -0.05) is 41.9 Å². The number of para-hydroxylation sites is 1. The van der Waals surface area contributed by atoms with Gasteiger partial charge in [0.2, 0.25) is 0 Å². The van der Waals surface area contributed by atoms with Crippen molar-refractivity contribution in [3.63, 3.8) is 0 Å². The number of benzene rings is 2. The number of amides is 1. The van der Waals surface area contributed by atoms with E-state index in [1.165, 1.54) is 0 Å². The second-order valence-corrected chi connectivity index (χ2v) is 8.18. The van der Waals surface area contributed by atoms with E-state index in [2.05, 4.69) is 5.32 Å². The van der Waals surface area contributed by atoms with Crippen LogP contribution in [0.1, 0.15) is 43.4 Å². The number of carbonyl (C=O) groups excluding carboxylic acids is 1. The van der Waals surface area contributed by atoms with Gasteiger partial charge in [-0.05, 0) is 30.7 Å². The van der Waals surface area contributed by atoms with Crippen molar-refractivity contribution >= 4 is 23.4 Å². The van der Waals surface area contributed by atoms with Crippen LogP contribution in [0.4, 0.5) is 4.79 Å². The third-order valence-electron chi connectivity index (χ3n) is 5.80. The van der Waals surface area contributed by atoms with E-state index < -0.39 is 5.66 Å². The molecule has 1 saturated heterocycles. The Morgan fingerprint density at radius 3 is 2.60 bits per heavy atom. The summed E-state index contributed by atoms with van der Waals surface area (Å²) in [4.78, 5) is 19.0. The van der Waals surface area contributed by atoms with Crippen LogP contribution in [0.3, 0.4) is 0 Å². The lowest BCUT2D eigenvalue weighted by Crippen LogP contribution is -2.56. The van der Waals surface area contributed by atoms with Gasteiger partial charge in [-0.15, -0.1) is 0 Å². The van der Waals surface area contributed by atoms with Gasteiger partial charge in [0.25, 0.3) is 0 Å². The molecule has 4 rings (SSSR count). The Morgan fingerprint density at radius 2 is 1.93 bits per heavy atom. The molecule has 0 radical (unpaired) electrons. The van der Waals surface area contributed by atoms with Crippen molar-refractivity contribution in [3.05, 3.63) is 64.7 Å². The molecular formula is C23H26ClN3O3. The van der Waals surface area contributed by atoms with Crippen LogP contribution in [-0.2, 0) is 4.74 Å². The normalized spacial score (nSPS) is 20.7. The van der Waals surface area contributed by atoms with Crippen LogP contribution in [0.15, 0.2) is 53.5 Å². The van der Waals surface area contributed by atoms with Crippen molar-refractivity contribution in [2.45, 2.75) is 37.9 Å². The zero-order valence-corrected chi connectivity index (χ0v) is 17.7. The Hall–Kier alpha value is -2.57. The molecule has 2 aromatic rings. The first-order valence-electron chi connectivity index (χ1n) is 10.3. The molecule has 30 heavy (non-hydrogen) atoms. The molecule has 6 nitrogen and oxygen atoms in total. The minimum absolute atomic E-state index is 0.0801. The van der Waals surface area contributed by atoms with E-state index in [9.17, 15) is 9.90 Å². The number of phenols is 1. The van der Waals surface area contributed by atoms with Crippen LogP contribution >= 0.6 is 11.6 Å². The van der Waals surface area contributed by atoms with E-state index in [1.54, 1.807) is 11.0 Å². The lowest BCUT2D eigenvalue weighted by Gasteiger charge is -2.45. The number of aromatic hydroxyl groups is 1. The Kier molecular flexibility index (Phi) is 5.97. The van der Waals surface area contributed by atoms with Crippen LogP contribution in [0.5, 0.6) is 5.75 Å². The number of aliphatic imine (C=N–C) groups is 1. The SMILES string of the molecule is CCOC(=O)N1CCC2(CC1)N=C(c1ccc(Cl)cc1)CC(c1ccccc1O)N2. The predicted octanol–water partition coefficient (Wildman–Crippen LogP) is 4.52. The number of hydrogen-bond acceptors (Lipinski definition) is 5. The molecule has 0 saturated carbocycles. The number of carbonyl (C=O) groups is 1. The molecule has 7 heteroatoms. The first-order valence-corrected chi connectivity index (χ1v) is 10.7. The summed E-state index contributed by atoms with van der Waals surface area (Å²) in [5.41, 5.74) is 2.35. The molecule has 1 amide bonds. The molecular weight excluding hydrogens is 402 g/mol. The summed E-state index contributed by atoms with van der Waals surface area (Å²) in [6, 6.07) is 15.0. The minimum Gasteiger partial charge on any atom is -0.508 e. The molecule has 0 aromatic heterocycles. The van der Waals surface area contributed by atoms with Crippen molar-refractivity contribution in [2.75, 3.05) is 19.7 Å². The van der Waals surface area contributed by atoms with Crippen molar-refractivity contribution in [3.8, 4) is 5.75 Å². The van der Waals surface area contributed by atoms with Crippen LogP contribution in [0.2, 0.25) is 5.02 Å². The van der Waals surface area contributed by atoms with Gasteiger partial charge in [-0.3, -0.25) is 10.3 Å². The summed E-state index contributed by atoms with van der Waals surface area (Å²) < 4.78 is 5.15. The summed E-state index contributed by atoms with van der Waals surface area (Å²) in [7, 11) is 0. The van der Waals surface area contributed by atoms with Crippen LogP contribution in [0.25, 0.3) is 0 Å². The summed E-state index contributed by atoms with van der Waals surface area (Å²) in [5, 5.41) is 14.8. The van der Waals surface area contributed by atoms with Gasteiger partial charge in [0, 0.05) is 54.7 Å². The Labute approximate surface area is 181 Å². The van der Waals surface area contributed by atoms with Gasteiger partial charge in [0.05, 0.1) is 6.61 Å². The second kappa shape index (κ2) is 8.66. The number of rotatable bonds is 3. The molecule has 1 unspecified atom stereocenters. The maximum Gasteiger partial charge on any atom is 0.409 e. The summed E-state index contributed by atoms with van der Waals surface area (Å²) in [6.07, 6.45) is 1.73. The van der Waals surface area contributed by atoms with E-state index in [0.717, 1.165) is 16.8 Å². The average Bonchev–Trinajstić information content (AvgIpc) is 2.75. The molecule has 2 aromatic carbocycles. The Balaban J connectivity index is 1.64. The standard InChI is InChI=1S/C23H26ClN3O3/c1-2-30-22(29)27-13-11-23(12-14-27)25-19(16-7-9-17(24)10-8-16)15-20(26-23)18-5-3-4-6-21(18)28/h3-10,20,26,28H,2,11-15H2,1H3. The molecule has 1 atom stereocenters. The van der Waals surface area contributed by atoms with Crippen LogP contribution in [0, 0.1) is 0 Å². The highest BCUT2D eigenvalue weighted by atomic mass is 35.5.